The van der Waals surface area contributed by atoms with E-state index in [0.717, 1.165) is 19.5 Å². The van der Waals surface area contributed by atoms with E-state index in [1.807, 2.05) is 12.3 Å². The Balaban J connectivity index is -0.000000157. The van der Waals surface area contributed by atoms with Crippen molar-refractivity contribution in [3.8, 4) is 0 Å². The molecule has 0 saturated heterocycles. The summed E-state index contributed by atoms with van der Waals surface area (Å²) in [6, 6.07) is 10.4. The molecule has 0 spiro atoms. The number of hydrogen-bond acceptors (Lipinski definition) is 3. The summed E-state index contributed by atoms with van der Waals surface area (Å²) >= 11 is 0. The number of aliphatic hydroxyl groups is 2. The van der Waals surface area contributed by atoms with Gasteiger partial charge in [-0.05, 0) is 32.2 Å². The van der Waals surface area contributed by atoms with Crippen LogP contribution < -0.4 is 0 Å². The van der Waals surface area contributed by atoms with E-state index in [1.165, 1.54) is 5.56 Å². The fourth-order valence-corrected chi connectivity index (χ4v) is 1.26. The van der Waals surface area contributed by atoms with Gasteiger partial charge >= 0.3 is 21.7 Å². The molecule has 0 radical (unpaired) electrons. The van der Waals surface area contributed by atoms with E-state index in [9.17, 15) is 0 Å². The van der Waals surface area contributed by atoms with E-state index in [0.29, 0.717) is 0 Å². The van der Waals surface area contributed by atoms with Gasteiger partial charge in [0, 0.05) is 19.8 Å². The Morgan fingerprint density at radius 2 is 1.57 bits per heavy atom. The Morgan fingerprint density at radius 1 is 1.14 bits per heavy atom. The average Bonchev–Trinajstić information content (AvgIpc) is 2.41. The monoisotopic (exact) mass is 329 g/mol. The van der Waals surface area contributed by atoms with Crippen LogP contribution in [0.4, 0.5) is 0 Å². The molecule has 1 aromatic carbocycles. The largest absolute Gasteiger partial charge is 2.00 e. The van der Waals surface area contributed by atoms with Crippen molar-refractivity contribution in [2.24, 2.45) is 0 Å². The summed E-state index contributed by atoms with van der Waals surface area (Å²) in [5, 5.41) is 15.1. The van der Waals surface area contributed by atoms with Gasteiger partial charge < -0.3 is 29.5 Å². The van der Waals surface area contributed by atoms with E-state index in [-0.39, 0.29) is 42.4 Å². The first-order chi connectivity index (χ1) is 9.19. The summed E-state index contributed by atoms with van der Waals surface area (Å²) in [4.78, 5) is 2.17. The van der Waals surface area contributed by atoms with Crippen molar-refractivity contribution < 1.29 is 31.9 Å². The molecule has 1 rings (SSSR count). The Kier molecular flexibility index (Phi) is 33.2. The minimum atomic E-state index is 0. The molecule has 1 aromatic rings. The fourth-order valence-electron chi connectivity index (χ4n) is 1.26. The van der Waals surface area contributed by atoms with Crippen LogP contribution >= 0.6 is 0 Å². The maximum Gasteiger partial charge on any atom is 2.00 e. The SMILES string of the molecule is C=CN(CC[CH2-])Cc1ccccc1.CCO.CCO.[CH3-].[Ti+2]. The van der Waals surface area contributed by atoms with Gasteiger partial charge in [-0.25, -0.2) is 0 Å². The van der Waals surface area contributed by atoms with Crippen LogP contribution in [0.15, 0.2) is 43.1 Å². The first-order valence-corrected chi connectivity index (χ1v) is 6.61. The molecule has 120 valence electrons. The summed E-state index contributed by atoms with van der Waals surface area (Å²) < 4.78 is 0. The van der Waals surface area contributed by atoms with Crippen molar-refractivity contribution >= 4 is 0 Å². The zero-order chi connectivity index (χ0) is 14.9. The van der Waals surface area contributed by atoms with Gasteiger partial charge in [-0.3, -0.25) is 0 Å². The second-order valence-corrected chi connectivity index (χ2v) is 3.62. The molecular formula is C17H31NO2Ti. The minimum absolute atomic E-state index is 0. The fraction of sp³-hybridized carbons (Fsp3) is 0.412. The summed E-state index contributed by atoms with van der Waals surface area (Å²) in [7, 11) is 0. The van der Waals surface area contributed by atoms with Crippen LogP contribution in [-0.4, -0.2) is 34.9 Å². The molecule has 0 aliphatic rings. The molecule has 0 fully saturated rings. The summed E-state index contributed by atoms with van der Waals surface area (Å²) in [5.41, 5.74) is 1.32. The van der Waals surface area contributed by atoms with Gasteiger partial charge in [0.2, 0.25) is 0 Å². The van der Waals surface area contributed by atoms with E-state index in [2.05, 4.69) is 42.7 Å². The van der Waals surface area contributed by atoms with Gasteiger partial charge in [0.25, 0.3) is 0 Å². The van der Waals surface area contributed by atoms with E-state index in [4.69, 9.17) is 10.2 Å². The van der Waals surface area contributed by atoms with Gasteiger partial charge in [-0.15, -0.1) is 0 Å². The Morgan fingerprint density at radius 3 is 1.90 bits per heavy atom. The molecule has 0 aliphatic carbocycles. The standard InChI is InChI=1S/C12H16N.2C2H6O.CH3.Ti/c1-3-10-13(4-2)11-12-8-6-5-7-9-12;2*1-2-3;;/h4-9H,1-3,10-11H2;2*3H,2H2,1H3;1H3;/q-1;;;-1;+2. The Bertz CT molecular complexity index is 279. The molecule has 0 unspecified atom stereocenters. The number of nitrogens with zero attached hydrogens (tertiary/aromatic N) is 1. The first kappa shape index (κ1) is 28.5. The predicted molar refractivity (Wildman–Crippen MR) is 89.0 cm³/mol. The third kappa shape index (κ3) is 21.8. The maximum absolute atomic E-state index is 7.57. The summed E-state index contributed by atoms with van der Waals surface area (Å²) in [6.45, 7) is 13.4. The molecule has 0 amide bonds. The van der Waals surface area contributed by atoms with Crippen LogP contribution in [0.2, 0.25) is 0 Å². The van der Waals surface area contributed by atoms with E-state index < -0.39 is 0 Å². The molecule has 0 atom stereocenters. The Labute approximate surface area is 146 Å². The minimum Gasteiger partial charge on any atom is -0.397 e. The first-order valence-electron chi connectivity index (χ1n) is 6.61. The third-order valence-electron chi connectivity index (χ3n) is 1.93. The van der Waals surface area contributed by atoms with Crippen molar-refractivity contribution in [3.05, 3.63) is 63.0 Å². The van der Waals surface area contributed by atoms with Crippen molar-refractivity contribution in [2.45, 2.75) is 26.8 Å². The van der Waals surface area contributed by atoms with Crippen LogP contribution in [0.25, 0.3) is 0 Å². The summed E-state index contributed by atoms with van der Waals surface area (Å²) in [5.74, 6) is 0. The quantitative estimate of drug-likeness (QED) is 0.643. The van der Waals surface area contributed by atoms with E-state index >= 15 is 0 Å². The van der Waals surface area contributed by atoms with Crippen molar-refractivity contribution in [3.63, 3.8) is 0 Å². The molecule has 2 N–H and O–H groups in total. The molecule has 0 saturated carbocycles. The van der Waals surface area contributed by atoms with Gasteiger partial charge in [0.1, 0.15) is 0 Å². The molecule has 0 aliphatic heterocycles. The van der Waals surface area contributed by atoms with E-state index in [1.54, 1.807) is 13.8 Å². The second kappa shape index (κ2) is 24.4. The zero-order valence-corrected chi connectivity index (χ0v) is 15.3. The van der Waals surface area contributed by atoms with Crippen LogP contribution in [0.5, 0.6) is 0 Å². The van der Waals surface area contributed by atoms with Crippen LogP contribution in [0, 0.1) is 14.4 Å². The zero-order valence-electron chi connectivity index (χ0n) is 13.8. The predicted octanol–water partition coefficient (Wildman–Crippen LogP) is 3.30. The second-order valence-electron chi connectivity index (χ2n) is 3.62. The molecule has 0 aromatic heterocycles. The Hall–Kier alpha value is -0.606. The number of aliphatic hydroxyl groups excluding tert-OH is 2. The molecule has 3 nitrogen and oxygen atoms in total. The number of rotatable bonds is 5. The van der Waals surface area contributed by atoms with Crippen molar-refractivity contribution in [1.29, 1.82) is 0 Å². The number of benzene rings is 1. The third-order valence-corrected chi connectivity index (χ3v) is 1.93. The normalized spacial score (nSPS) is 7.67. The average molecular weight is 329 g/mol. The van der Waals surface area contributed by atoms with Crippen molar-refractivity contribution in [1.82, 2.24) is 4.90 Å². The number of hydrogen-bond donors (Lipinski definition) is 2. The molecule has 4 heteroatoms. The summed E-state index contributed by atoms with van der Waals surface area (Å²) in [6.07, 6.45) is 2.79. The van der Waals surface area contributed by atoms with Gasteiger partial charge in [-0.1, -0.05) is 36.9 Å². The van der Waals surface area contributed by atoms with Gasteiger partial charge in [-0.2, -0.15) is 6.42 Å². The van der Waals surface area contributed by atoms with Gasteiger partial charge in [0.05, 0.1) is 0 Å². The molecule has 0 bridgehead atoms. The maximum atomic E-state index is 7.57. The van der Waals surface area contributed by atoms with Crippen LogP contribution in [0.3, 0.4) is 0 Å². The smallest absolute Gasteiger partial charge is 0.397 e. The van der Waals surface area contributed by atoms with Gasteiger partial charge in [0.15, 0.2) is 0 Å². The van der Waals surface area contributed by atoms with Crippen LogP contribution in [0.1, 0.15) is 25.8 Å². The molecule has 21 heavy (non-hydrogen) atoms. The topological polar surface area (TPSA) is 43.7 Å². The van der Waals surface area contributed by atoms with Crippen molar-refractivity contribution in [2.75, 3.05) is 19.8 Å². The molecular weight excluding hydrogens is 298 g/mol. The van der Waals surface area contributed by atoms with Crippen LogP contribution in [-0.2, 0) is 28.3 Å². The molecule has 0 heterocycles.